The first-order valence-corrected chi connectivity index (χ1v) is 12.4. The molecule has 12 heteroatoms. The number of H-pyrrole nitrogens is 1. The number of sulfonamides is 1. The van der Waals surface area contributed by atoms with Gasteiger partial charge in [-0.1, -0.05) is 20.8 Å². The lowest BCUT2D eigenvalue weighted by molar-refractivity contribution is -0.113. The van der Waals surface area contributed by atoms with Gasteiger partial charge in [0.15, 0.2) is 0 Å². The number of nitrogens with zero attached hydrogens (tertiary/aromatic N) is 2. The minimum absolute atomic E-state index is 0.0482. The zero-order valence-corrected chi connectivity index (χ0v) is 21.0. The molecule has 2 heterocycles. The summed E-state index contributed by atoms with van der Waals surface area (Å²) in [4.78, 5) is 10.8. The van der Waals surface area contributed by atoms with Crippen molar-refractivity contribution >= 4 is 10.0 Å². The normalized spacial score (nSPS) is 12.9. The zero-order chi connectivity index (χ0) is 26.3. The number of hydrogen-bond acceptors (Lipinski definition) is 7. The van der Waals surface area contributed by atoms with E-state index in [0.29, 0.717) is 12.5 Å². The summed E-state index contributed by atoms with van der Waals surface area (Å²) in [5, 5.41) is 5.56. The fourth-order valence-corrected chi connectivity index (χ4v) is 3.42. The Morgan fingerprint density at radius 2 is 1.76 bits per heavy atom. The molecular formula is C22H33F2N3O6S. The molecule has 0 amide bonds. The highest BCUT2D eigenvalue weighted by atomic mass is 32.2. The standard InChI is InChI=1S/C14H17F2N3O4S.C4H8O2.C2H6.C2H2/c1-3-4-19(24(2,21)22)8-10-6-11(15)9(5-12(10)16)7-13-17-18-14(20)23-13;1-5-4-2-6-3-4;2*1-2/h5-6H,3-4,7-8H2,1-2H3,(H,18,20);4H,2-3H2,1H3;1-2H3;1-2H. The first-order chi connectivity index (χ1) is 16.1. The van der Waals surface area contributed by atoms with Crippen LogP contribution in [0.15, 0.2) is 21.3 Å². The number of methoxy groups -OCH3 is 1. The Hall–Kier alpha value is -2.59. The van der Waals surface area contributed by atoms with Crippen molar-refractivity contribution < 1.29 is 31.1 Å². The van der Waals surface area contributed by atoms with Crippen molar-refractivity contribution in [1.29, 1.82) is 0 Å². The Morgan fingerprint density at radius 1 is 1.21 bits per heavy atom. The Bertz CT molecular complexity index is 1030. The summed E-state index contributed by atoms with van der Waals surface area (Å²) in [6.07, 6.45) is 9.76. The summed E-state index contributed by atoms with van der Waals surface area (Å²) in [6, 6.07) is 1.90. The molecular weight excluding hydrogens is 472 g/mol. The van der Waals surface area contributed by atoms with Crippen molar-refractivity contribution in [2.75, 3.05) is 33.1 Å². The van der Waals surface area contributed by atoms with E-state index in [0.717, 1.165) is 35.9 Å². The first-order valence-electron chi connectivity index (χ1n) is 10.5. The van der Waals surface area contributed by atoms with Gasteiger partial charge in [-0.25, -0.2) is 27.1 Å². The van der Waals surface area contributed by atoms with Crippen LogP contribution in [0.1, 0.15) is 44.2 Å². The third-order valence-electron chi connectivity index (χ3n) is 4.27. The van der Waals surface area contributed by atoms with Gasteiger partial charge < -0.3 is 13.9 Å². The summed E-state index contributed by atoms with van der Waals surface area (Å²) in [7, 11) is -1.83. The van der Waals surface area contributed by atoms with Crippen LogP contribution >= 0.6 is 0 Å². The highest BCUT2D eigenvalue weighted by Crippen LogP contribution is 2.20. The van der Waals surface area contributed by atoms with Gasteiger partial charge in [-0.15, -0.1) is 17.9 Å². The Labute approximate surface area is 199 Å². The second-order valence-electron chi connectivity index (χ2n) is 6.71. The highest BCUT2D eigenvalue weighted by Gasteiger charge is 2.20. The topological polar surface area (TPSA) is 115 Å². The highest BCUT2D eigenvalue weighted by molar-refractivity contribution is 7.88. The van der Waals surface area contributed by atoms with E-state index in [1.165, 1.54) is 0 Å². The Balaban J connectivity index is 0.000000916. The van der Waals surface area contributed by atoms with E-state index in [9.17, 15) is 22.0 Å². The van der Waals surface area contributed by atoms with Crippen molar-refractivity contribution in [2.24, 2.45) is 0 Å². The quantitative estimate of drug-likeness (QED) is 0.549. The van der Waals surface area contributed by atoms with Crippen LogP contribution in [0.5, 0.6) is 0 Å². The maximum Gasteiger partial charge on any atom is 0.434 e. The maximum atomic E-state index is 14.2. The number of benzene rings is 1. The molecule has 0 atom stereocenters. The number of aromatic nitrogens is 2. The van der Waals surface area contributed by atoms with Crippen LogP contribution in [-0.4, -0.2) is 62.1 Å². The number of terminal acetylenes is 1. The molecule has 1 fully saturated rings. The molecule has 9 nitrogen and oxygen atoms in total. The Kier molecular flexibility index (Phi) is 14.9. The zero-order valence-electron chi connectivity index (χ0n) is 20.1. The number of halogens is 2. The molecule has 0 spiro atoms. The van der Waals surface area contributed by atoms with Crippen molar-refractivity contribution in [3.63, 3.8) is 0 Å². The van der Waals surface area contributed by atoms with Crippen molar-refractivity contribution in [2.45, 2.75) is 46.3 Å². The molecule has 0 saturated carbocycles. The third-order valence-corrected chi connectivity index (χ3v) is 5.52. The van der Waals surface area contributed by atoms with E-state index in [1.54, 1.807) is 14.0 Å². The molecule has 0 aliphatic carbocycles. The summed E-state index contributed by atoms with van der Waals surface area (Å²) in [6.45, 7) is 7.32. The van der Waals surface area contributed by atoms with Crippen LogP contribution in [0.4, 0.5) is 8.78 Å². The molecule has 1 N–H and O–H groups in total. The van der Waals surface area contributed by atoms with Crippen molar-refractivity contribution in [3.05, 3.63) is 51.3 Å². The number of aromatic amines is 1. The molecule has 192 valence electrons. The molecule has 1 aliphatic rings. The SMILES string of the molecule is C#C.CC.CCCN(Cc1cc(F)c(Cc2n[nH]c(=O)o2)cc1F)S(C)(=O)=O.COC1COC1. The fraction of sp³-hybridized carbons (Fsp3) is 0.545. The van der Waals surface area contributed by atoms with Gasteiger partial charge >= 0.3 is 5.76 Å². The lowest BCUT2D eigenvalue weighted by Crippen LogP contribution is -2.34. The lowest BCUT2D eigenvalue weighted by atomic mass is 10.1. The van der Waals surface area contributed by atoms with E-state index in [4.69, 9.17) is 9.47 Å². The Morgan fingerprint density at radius 3 is 2.15 bits per heavy atom. The van der Waals surface area contributed by atoms with Crippen LogP contribution in [0.25, 0.3) is 0 Å². The molecule has 3 rings (SSSR count). The van der Waals surface area contributed by atoms with Crippen LogP contribution in [0.3, 0.4) is 0 Å². The van der Waals surface area contributed by atoms with Gasteiger partial charge in [-0.3, -0.25) is 0 Å². The number of nitrogens with one attached hydrogen (secondary N) is 1. The second-order valence-corrected chi connectivity index (χ2v) is 8.69. The van der Waals surface area contributed by atoms with Gasteiger partial charge in [0.2, 0.25) is 15.9 Å². The van der Waals surface area contributed by atoms with Crippen LogP contribution < -0.4 is 5.76 Å². The van der Waals surface area contributed by atoms with E-state index < -0.39 is 27.4 Å². The van der Waals surface area contributed by atoms with Crippen molar-refractivity contribution in [1.82, 2.24) is 14.5 Å². The van der Waals surface area contributed by atoms with E-state index in [2.05, 4.69) is 22.4 Å². The van der Waals surface area contributed by atoms with Crippen LogP contribution in [-0.2, 0) is 32.5 Å². The number of ether oxygens (including phenoxy) is 2. The van der Waals surface area contributed by atoms with E-state index in [-0.39, 0.29) is 36.5 Å². The van der Waals surface area contributed by atoms with Gasteiger partial charge in [0.05, 0.1) is 25.9 Å². The average Bonchev–Trinajstić information content (AvgIpc) is 3.17. The molecule has 0 radical (unpaired) electrons. The number of rotatable bonds is 8. The average molecular weight is 506 g/mol. The summed E-state index contributed by atoms with van der Waals surface area (Å²) in [5.41, 5.74) is -0.119. The first kappa shape index (κ1) is 31.4. The monoisotopic (exact) mass is 505 g/mol. The van der Waals surface area contributed by atoms with Gasteiger partial charge in [0.1, 0.15) is 17.7 Å². The van der Waals surface area contributed by atoms with Gasteiger partial charge in [0.25, 0.3) is 0 Å². The minimum Gasteiger partial charge on any atom is -0.392 e. The lowest BCUT2D eigenvalue weighted by Gasteiger charge is -2.23. The fourth-order valence-electron chi connectivity index (χ4n) is 2.54. The molecule has 1 aromatic heterocycles. The molecule has 1 saturated heterocycles. The van der Waals surface area contributed by atoms with Crippen LogP contribution in [0, 0.1) is 24.5 Å². The smallest absolute Gasteiger partial charge is 0.392 e. The molecule has 1 aliphatic heterocycles. The van der Waals surface area contributed by atoms with Gasteiger partial charge in [-0.2, -0.15) is 4.31 Å². The van der Waals surface area contributed by atoms with Gasteiger partial charge in [-0.05, 0) is 18.6 Å². The van der Waals surface area contributed by atoms with Crippen LogP contribution in [0.2, 0.25) is 0 Å². The molecule has 2 aromatic rings. The largest absolute Gasteiger partial charge is 0.434 e. The predicted octanol–water partition coefficient (Wildman–Crippen LogP) is 2.71. The minimum atomic E-state index is -3.53. The van der Waals surface area contributed by atoms with E-state index in [1.807, 2.05) is 18.9 Å². The second kappa shape index (κ2) is 16.1. The number of hydrogen-bond donors (Lipinski definition) is 1. The molecule has 34 heavy (non-hydrogen) atoms. The molecule has 1 aromatic carbocycles. The third kappa shape index (κ3) is 10.6. The maximum absolute atomic E-state index is 14.2. The molecule has 0 bridgehead atoms. The van der Waals surface area contributed by atoms with E-state index >= 15 is 0 Å². The summed E-state index contributed by atoms with van der Waals surface area (Å²) < 4.78 is 67.2. The van der Waals surface area contributed by atoms with Gasteiger partial charge in [0, 0.05) is 31.3 Å². The van der Waals surface area contributed by atoms with Crippen molar-refractivity contribution in [3.8, 4) is 12.8 Å². The predicted molar refractivity (Wildman–Crippen MR) is 125 cm³/mol. The summed E-state index contributed by atoms with van der Waals surface area (Å²) in [5.74, 6) is -2.34. The summed E-state index contributed by atoms with van der Waals surface area (Å²) >= 11 is 0. The molecule has 0 unspecified atom stereocenters.